The number of nitrogens with zero attached hydrogens (tertiary/aromatic N) is 4. The van der Waals surface area contributed by atoms with Gasteiger partial charge in [0.25, 0.3) is 0 Å². The molecule has 98 valence electrons. The summed E-state index contributed by atoms with van der Waals surface area (Å²) in [7, 11) is 0. The minimum absolute atomic E-state index is 0.631. The van der Waals surface area contributed by atoms with Crippen LogP contribution < -0.4 is 4.90 Å². The third-order valence-electron chi connectivity index (χ3n) is 3.79. The molecule has 3 rings (SSSR count). The number of ether oxygens (including phenoxy) is 1. The van der Waals surface area contributed by atoms with Crippen LogP contribution >= 0.6 is 0 Å². The fraction of sp³-hybridized carbons (Fsp3) is 0.692. The second-order valence-electron chi connectivity index (χ2n) is 4.94. The van der Waals surface area contributed by atoms with Gasteiger partial charge in [-0.05, 0) is 18.9 Å². The van der Waals surface area contributed by atoms with E-state index in [-0.39, 0.29) is 0 Å². The Hall–Kier alpha value is -1.20. The van der Waals surface area contributed by atoms with Gasteiger partial charge in [0.2, 0.25) is 5.95 Å². The van der Waals surface area contributed by atoms with Crippen LogP contribution in [-0.4, -0.2) is 60.3 Å². The molecule has 0 N–H and O–H groups in total. The molecule has 0 aliphatic carbocycles. The van der Waals surface area contributed by atoms with Gasteiger partial charge in [-0.3, -0.25) is 4.90 Å². The number of piperidine rings is 1. The first-order chi connectivity index (χ1) is 8.93. The SMILES string of the molecule is c1cnc(N2CCCC(N3CCOCC3)C2)nc1. The van der Waals surface area contributed by atoms with Crippen molar-refractivity contribution in [3.05, 3.63) is 18.5 Å². The van der Waals surface area contributed by atoms with Crippen molar-refractivity contribution in [2.24, 2.45) is 0 Å². The van der Waals surface area contributed by atoms with Crippen molar-refractivity contribution in [3.63, 3.8) is 0 Å². The maximum absolute atomic E-state index is 5.42. The Morgan fingerprint density at radius 1 is 1.11 bits per heavy atom. The van der Waals surface area contributed by atoms with Gasteiger partial charge in [-0.1, -0.05) is 0 Å². The summed E-state index contributed by atoms with van der Waals surface area (Å²) >= 11 is 0. The highest BCUT2D eigenvalue weighted by atomic mass is 16.5. The summed E-state index contributed by atoms with van der Waals surface area (Å²) in [6, 6.07) is 2.50. The molecule has 2 aliphatic heterocycles. The zero-order chi connectivity index (χ0) is 12.2. The highest BCUT2D eigenvalue weighted by Gasteiger charge is 2.27. The molecule has 1 unspecified atom stereocenters. The molecule has 0 bridgehead atoms. The van der Waals surface area contributed by atoms with Crippen LogP contribution in [0.1, 0.15) is 12.8 Å². The monoisotopic (exact) mass is 248 g/mol. The summed E-state index contributed by atoms with van der Waals surface area (Å²) in [5.74, 6) is 0.871. The third-order valence-corrected chi connectivity index (χ3v) is 3.79. The summed E-state index contributed by atoms with van der Waals surface area (Å²) in [5.41, 5.74) is 0. The Morgan fingerprint density at radius 3 is 2.67 bits per heavy atom. The van der Waals surface area contributed by atoms with E-state index in [9.17, 15) is 0 Å². The average molecular weight is 248 g/mol. The van der Waals surface area contributed by atoms with Gasteiger partial charge in [0.05, 0.1) is 13.2 Å². The van der Waals surface area contributed by atoms with E-state index in [0.29, 0.717) is 6.04 Å². The molecular weight excluding hydrogens is 228 g/mol. The van der Waals surface area contributed by atoms with Gasteiger partial charge >= 0.3 is 0 Å². The Bertz CT molecular complexity index is 367. The lowest BCUT2D eigenvalue weighted by molar-refractivity contribution is 0.0136. The van der Waals surface area contributed by atoms with Crippen molar-refractivity contribution in [2.45, 2.75) is 18.9 Å². The molecule has 5 heteroatoms. The highest BCUT2D eigenvalue weighted by molar-refractivity contribution is 5.29. The van der Waals surface area contributed by atoms with Crippen LogP contribution in [0.4, 0.5) is 5.95 Å². The second kappa shape index (κ2) is 5.63. The van der Waals surface area contributed by atoms with E-state index >= 15 is 0 Å². The zero-order valence-corrected chi connectivity index (χ0v) is 10.7. The van der Waals surface area contributed by atoms with E-state index in [0.717, 1.165) is 45.3 Å². The van der Waals surface area contributed by atoms with Gasteiger partial charge in [0.15, 0.2) is 0 Å². The molecule has 5 nitrogen and oxygen atoms in total. The third kappa shape index (κ3) is 2.62. The Balaban J connectivity index is 1.64. The van der Waals surface area contributed by atoms with E-state index in [1.54, 1.807) is 0 Å². The number of aromatic nitrogens is 2. The topological polar surface area (TPSA) is 41.5 Å². The molecule has 0 amide bonds. The lowest BCUT2D eigenvalue weighted by Crippen LogP contribution is -2.51. The minimum atomic E-state index is 0.631. The van der Waals surface area contributed by atoms with Gasteiger partial charge in [0.1, 0.15) is 0 Å². The van der Waals surface area contributed by atoms with Gasteiger partial charge in [-0.2, -0.15) is 0 Å². The number of rotatable bonds is 2. The van der Waals surface area contributed by atoms with Crippen LogP contribution in [0.2, 0.25) is 0 Å². The molecular formula is C13H20N4O. The fourth-order valence-corrected chi connectivity index (χ4v) is 2.83. The molecule has 1 aromatic heterocycles. The smallest absolute Gasteiger partial charge is 0.225 e. The van der Waals surface area contributed by atoms with Crippen LogP contribution in [-0.2, 0) is 4.74 Å². The molecule has 0 spiro atoms. The first-order valence-corrected chi connectivity index (χ1v) is 6.77. The number of morpholine rings is 1. The maximum atomic E-state index is 5.42. The van der Waals surface area contributed by atoms with Crippen LogP contribution in [0.25, 0.3) is 0 Å². The van der Waals surface area contributed by atoms with Crippen molar-refractivity contribution in [1.82, 2.24) is 14.9 Å². The Kier molecular flexibility index (Phi) is 3.71. The van der Waals surface area contributed by atoms with Crippen molar-refractivity contribution in [2.75, 3.05) is 44.3 Å². The van der Waals surface area contributed by atoms with Crippen molar-refractivity contribution < 1.29 is 4.74 Å². The van der Waals surface area contributed by atoms with E-state index in [1.807, 2.05) is 18.5 Å². The number of anilines is 1. The normalized spacial score (nSPS) is 26.2. The zero-order valence-electron chi connectivity index (χ0n) is 10.7. The highest BCUT2D eigenvalue weighted by Crippen LogP contribution is 2.19. The van der Waals surface area contributed by atoms with Crippen LogP contribution in [0.5, 0.6) is 0 Å². The van der Waals surface area contributed by atoms with E-state index in [4.69, 9.17) is 4.74 Å². The summed E-state index contributed by atoms with van der Waals surface area (Å²) < 4.78 is 5.42. The molecule has 0 saturated carbocycles. The second-order valence-corrected chi connectivity index (χ2v) is 4.94. The van der Waals surface area contributed by atoms with Gasteiger partial charge in [-0.25, -0.2) is 9.97 Å². The molecule has 2 saturated heterocycles. The quantitative estimate of drug-likeness (QED) is 0.773. The van der Waals surface area contributed by atoms with Gasteiger partial charge < -0.3 is 9.64 Å². The summed E-state index contributed by atoms with van der Waals surface area (Å²) in [6.45, 7) is 5.99. The fourth-order valence-electron chi connectivity index (χ4n) is 2.83. The lowest BCUT2D eigenvalue weighted by atomic mass is 10.0. The summed E-state index contributed by atoms with van der Waals surface area (Å²) in [5, 5.41) is 0. The van der Waals surface area contributed by atoms with Crippen LogP contribution in [0.15, 0.2) is 18.5 Å². The molecule has 18 heavy (non-hydrogen) atoms. The first-order valence-electron chi connectivity index (χ1n) is 6.77. The molecule has 1 aromatic rings. The van der Waals surface area contributed by atoms with Crippen molar-refractivity contribution in [1.29, 1.82) is 0 Å². The van der Waals surface area contributed by atoms with Crippen LogP contribution in [0.3, 0.4) is 0 Å². The van der Waals surface area contributed by atoms with Gasteiger partial charge in [-0.15, -0.1) is 0 Å². The Labute approximate surface area is 108 Å². The van der Waals surface area contributed by atoms with E-state index in [1.165, 1.54) is 12.8 Å². The standard InChI is InChI=1S/C13H20N4O/c1-3-12(16-7-9-18-10-8-16)11-17(6-1)13-14-4-2-5-15-13/h2,4-5,12H,1,3,6-11H2. The largest absolute Gasteiger partial charge is 0.379 e. The summed E-state index contributed by atoms with van der Waals surface area (Å²) in [4.78, 5) is 13.6. The first kappa shape index (κ1) is 11.9. The Morgan fingerprint density at radius 2 is 1.89 bits per heavy atom. The molecule has 0 aromatic carbocycles. The molecule has 0 radical (unpaired) electrons. The van der Waals surface area contributed by atoms with Crippen LogP contribution in [0, 0.1) is 0 Å². The number of hydrogen-bond donors (Lipinski definition) is 0. The van der Waals surface area contributed by atoms with E-state index in [2.05, 4.69) is 19.8 Å². The predicted octanol–water partition coefficient (Wildman–Crippen LogP) is 0.778. The molecule has 3 heterocycles. The molecule has 2 fully saturated rings. The van der Waals surface area contributed by atoms with Crippen molar-refractivity contribution >= 4 is 5.95 Å². The predicted molar refractivity (Wildman–Crippen MR) is 69.7 cm³/mol. The van der Waals surface area contributed by atoms with Crippen molar-refractivity contribution in [3.8, 4) is 0 Å². The van der Waals surface area contributed by atoms with E-state index < -0.39 is 0 Å². The lowest BCUT2D eigenvalue weighted by Gasteiger charge is -2.40. The maximum Gasteiger partial charge on any atom is 0.225 e. The molecule has 2 aliphatic rings. The molecule has 1 atom stereocenters. The minimum Gasteiger partial charge on any atom is -0.379 e. The average Bonchev–Trinajstić information content (AvgIpc) is 2.49. The number of hydrogen-bond acceptors (Lipinski definition) is 5. The summed E-state index contributed by atoms with van der Waals surface area (Å²) in [6.07, 6.45) is 6.14. The van der Waals surface area contributed by atoms with Gasteiger partial charge in [0, 0.05) is 44.6 Å².